The Balaban J connectivity index is 1.15. The molecule has 7 heteroatoms. The Labute approximate surface area is 238 Å². The molecule has 2 heterocycles. The number of benzene rings is 3. The lowest BCUT2D eigenvalue weighted by atomic mass is 9.61. The van der Waals surface area contributed by atoms with Crippen LogP contribution < -0.4 is 9.47 Å². The van der Waals surface area contributed by atoms with E-state index in [2.05, 4.69) is 48.7 Å². The van der Waals surface area contributed by atoms with Crippen molar-refractivity contribution < 1.29 is 29.2 Å². The van der Waals surface area contributed by atoms with Gasteiger partial charge in [-0.05, 0) is 83.8 Å². The van der Waals surface area contributed by atoms with Gasteiger partial charge in [0.15, 0.2) is 0 Å². The molecule has 0 unspecified atom stereocenters. The monoisotopic (exact) mass is 558 g/mol. The van der Waals surface area contributed by atoms with Gasteiger partial charge in [-0.1, -0.05) is 24.3 Å². The Bertz CT molecular complexity index is 1500. The van der Waals surface area contributed by atoms with Crippen molar-refractivity contribution in [2.75, 3.05) is 13.2 Å². The van der Waals surface area contributed by atoms with E-state index in [4.69, 9.17) is 14.2 Å². The summed E-state index contributed by atoms with van der Waals surface area (Å²) in [5.74, 6) is 0.802. The molecule has 1 aliphatic heterocycles. The second-order valence-electron chi connectivity index (χ2n) is 11.1. The van der Waals surface area contributed by atoms with Crippen LogP contribution in [0.15, 0.2) is 66.0 Å². The van der Waals surface area contributed by atoms with Crippen LogP contribution in [0, 0.1) is 6.92 Å². The molecule has 1 aromatic heterocycles. The predicted molar refractivity (Wildman–Crippen MR) is 156 cm³/mol. The van der Waals surface area contributed by atoms with Gasteiger partial charge in [0, 0.05) is 33.9 Å². The molecule has 0 bridgehead atoms. The summed E-state index contributed by atoms with van der Waals surface area (Å²) < 4.78 is 19.0. The molecule has 0 radical (unpaired) electrons. The van der Waals surface area contributed by atoms with E-state index in [1.54, 1.807) is 11.3 Å². The quantitative estimate of drug-likeness (QED) is 0.233. The number of carboxylic acid groups (broad SMARTS) is 1. The third kappa shape index (κ3) is 5.59. The minimum atomic E-state index is -0.843. The molecule has 6 nitrogen and oxygen atoms in total. The van der Waals surface area contributed by atoms with E-state index in [0.29, 0.717) is 19.4 Å². The summed E-state index contributed by atoms with van der Waals surface area (Å²) >= 11 is 1.74. The lowest BCUT2D eigenvalue weighted by Crippen LogP contribution is -2.46. The number of fused-ring (bicyclic) bond motifs is 1. The van der Waals surface area contributed by atoms with E-state index >= 15 is 0 Å². The smallest absolute Gasteiger partial charge is 0.304 e. The van der Waals surface area contributed by atoms with Gasteiger partial charge in [0.1, 0.15) is 24.2 Å². The van der Waals surface area contributed by atoms with Gasteiger partial charge in [-0.15, -0.1) is 11.3 Å². The van der Waals surface area contributed by atoms with Gasteiger partial charge in [0.05, 0.1) is 25.7 Å². The first kappa shape index (κ1) is 26.8. The molecule has 1 saturated carbocycles. The minimum absolute atomic E-state index is 0.0262. The topological polar surface area (TPSA) is 85.2 Å². The molecule has 0 atom stereocenters. The molecule has 4 aromatic rings. The van der Waals surface area contributed by atoms with Gasteiger partial charge in [0.25, 0.3) is 0 Å². The van der Waals surface area contributed by atoms with Crippen LogP contribution in [0.3, 0.4) is 0 Å². The zero-order valence-corrected chi connectivity index (χ0v) is 23.4. The van der Waals surface area contributed by atoms with E-state index in [-0.39, 0.29) is 12.5 Å². The average molecular weight is 559 g/mol. The molecule has 40 heavy (non-hydrogen) atoms. The number of aliphatic hydroxyl groups excluding tert-OH is 1. The number of thiophene rings is 1. The van der Waals surface area contributed by atoms with Crippen LogP contribution in [0.1, 0.15) is 48.8 Å². The first-order chi connectivity index (χ1) is 19.4. The highest BCUT2D eigenvalue weighted by molar-refractivity contribution is 7.17. The number of hydrogen-bond acceptors (Lipinski definition) is 6. The summed E-state index contributed by atoms with van der Waals surface area (Å²) in [6, 6.07) is 20.5. The maximum atomic E-state index is 11.4. The van der Waals surface area contributed by atoms with Crippen LogP contribution in [0.4, 0.5) is 0 Å². The molecular weight excluding hydrogens is 524 g/mol. The average Bonchev–Trinajstić information content (AvgIpc) is 3.34. The van der Waals surface area contributed by atoms with Crippen molar-refractivity contribution in [3.8, 4) is 22.6 Å². The van der Waals surface area contributed by atoms with Crippen LogP contribution in [0.2, 0.25) is 0 Å². The van der Waals surface area contributed by atoms with Crippen molar-refractivity contribution in [2.24, 2.45) is 0 Å². The largest absolute Gasteiger partial charge is 0.490 e. The fraction of sp³-hybridized carbons (Fsp3) is 0.364. The van der Waals surface area contributed by atoms with Crippen LogP contribution in [0.5, 0.6) is 11.5 Å². The van der Waals surface area contributed by atoms with Crippen molar-refractivity contribution in [3.05, 3.63) is 82.7 Å². The Morgan fingerprint density at radius 1 is 1.00 bits per heavy atom. The number of ether oxygens (including phenoxy) is 3. The molecule has 3 aromatic carbocycles. The van der Waals surface area contributed by atoms with E-state index in [1.165, 1.54) is 26.8 Å². The van der Waals surface area contributed by atoms with E-state index in [1.807, 2.05) is 24.3 Å². The summed E-state index contributed by atoms with van der Waals surface area (Å²) in [4.78, 5) is 11.4. The van der Waals surface area contributed by atoms with Crippen molar-refractivity contribution in [1.82, 2.24) is 0 Å². The summed E-state index contributed by atoms with van der Waals surface area (Å²) in [6.45, 7) is 4.09. The SMILES string of the molecule is Cc1cc(OC2CCOCC2)ccc1-c1csc2ccc(COc3ccc(C4(CC(=O)O)CC(O)C4)cc3)cc12. The van der Waals surface area contributed by atoms with E-state index in [9.17, 15) is 15.0 Å². The third-order valence-electron chi connectivity index (χ3n) is 8.21. The molecule has 0 spiro atoms. The second-order valence-corrected chi connectivity index (χ2v) is 12.0. The molecule has 1 saturated heterocycles. The molecule has 0 amide bonds. The minimum Gasteiger partial charge on any atom is -0.490 e. The van der Waals surface area contributed by atoms with Gasteiger partial charge < -0.3 is 24.4 Å². The first-order valence-electron chi connectivity index (χ1n) is 13.9. The zero-order chi connectivity index (χ0) is 27.7. The number of aryl methyl sites for hydroxylation is 1. The Hall–Kier alpha value is -3.39. The second kappa shape index (κ2) is 11.2. The maximum absolute atomic E-state index is 11.4. The molecule has 2 fully saturated rings. The summed E-state index contributed by atoms with van der Waals surface area (Å²) in [5.41, 5.74) is 5.14. The number of carbonyl (C=O) groups is 1. The standard InChI is InChI=1S/C33H34O6S/c1-21-14-27(39-26-10-12-37-13-11-26)7-8-28(21)30-20-40-31-9-2-22(15-29(30)31)19-38-25-5-3-23(4-6-25)33(18-32(35)36)16-24(34)17-33/h2-9,14-15,20,24,26,34H,10-13,16-19H2,1H3,(H,35,36). The fourth-order valence-electron chi connectivity index (χ4n) is 6.06. The van der Waals surface area contributed by atoms with Crippen LogP contribution >= 0.6 is 11.3 Å². The number of carboxylic acids is 1. The molecule has 6 rings (SSSR count). The van der Waals surface area contributed by atoms with Gasteiger partial charge in [-0.25, -0.2) is 0 Å². The lowest BCUT2D eigenvalue weighted by Gasteiger charge is -2.45. The highest BCUT2D eigenvalue weighted by atomic mass is 32.1. The van der Waals surface area contributed by atoms with Crippen molar-refractivity contribution >= 4 is 27.4 Å². The Morgan fingerprint density at radius 3 is 2.45 bits per heavy atom. The normalized spacial score (nSPS) is 21.2. The number of aliphatic hydroxyl groups is 1. The molecule has 1 aliphatic carbocycles. The molecular formula is C33H34O6S. The number of aliphatic carboxylic acids is 1. The Kier molecular flexibility index (Phi) is 7.53. The van der Waals surface area contributed by atoms with Crippen molar-refractivity contribution in [1.29, 1.82) is 0 Å². The van der Waals surface area contributed by atoms with Crippen molar-refractivity contribution in [3.63, 3.8) is 0 Å². The summed E-state index contributed by atoms with van der Waals surface area (Å²) in [5, 5.41) is 22.6. The highest BCUT2D eigenvalue weighted by Crippen LogP contribution is 2.47. The highest BCUT2D eigenvalue weighted by Gasteiger charge is 2.46. The van der Waals surface area contributed by atoms with Crippen LogP contribution in [-0.4, -0.2) is 41.6 Å². The first-order valence-corrected chi connectivity index (χ1v) is 14.8. The third-order valence-corrected chi connectivity index (χ3v) is 9.18. The van der Waals surface area contributed by atoms with Gasteiger partial charge in [0.2, 0.25) is 0 Å². The van der Waals surface area contributed by atoms with Gasteiger partial charge in [-0.3, -0.25) is 4.79 Å². The summed E-state index contributed by atoms with van der Waals surface area (Å²) in [7, 11) is 0. The molecule has 2 N–H and O–H groups in total. The molecule has 208 valence electrons. The number of rotatable bonds is 9. The predicted octanol–water partition coefficient (Wildman–Crippen LogP) is 6.88. The number of hydrogen-bond donors (Lipinski definition) is 2. The summed E-state index contributed by atoms with van der Waals surface area (Å²) in [6.07, 6.45) is 2.64. The van der Waals surface area contributed by atoms with Gasteiger partial charge >= 0.3 is 5.97 Å². The lowest BCUT2D eigenvalue weighted by molar-refractivity contribution is -0.140. The zero-order valence-electron chi connectivity index (χ0n) is 22.6. The van der Waals surface area contributed by atoms with E-state index < -0.39 is 17.5 Å². The fourth-order valence-corrected chi connectivity index (χ4v) is 7.00. The van der Waals surface area contributed by atoms with Gasteiger partial charge in [-0.2, -0.15) is 0 Å². The van der Waals surface area contributed by atoms with E-state index in [0.717, 1.165) is 48.7 Å². The van der Waals surface area contributed by atoms with Crippen LogP contribution in [0.25, 0.3) is 21.2 Å². The van der Waals surface area contributed by atoms with Crippen LogP contribution in [-0.2, 0) is 21.6 Å². The molecule has 2 aliphatic rings. The van der Waals surface area contributed by atoms with Crippen molar-refractivity contribution in [2.45, 2.75) is 63.3 Å². The Morgan fingerprint density at radius 2 is 1.75 bits per heavy atom. The maximum Gasteiger partial charge on any atom is 0.304 e.